The monoisotopic (exact) mass is 350 g/mol. The lowest BCUT2D eigenvalue weighted by Crippen LogP contribution is -2.02. The molecule has 5 heteroatoms. The second-order valence-corrected chi connectivity index (χ2v) is 5.57. The number of halogens is 3. The first-order chi connectivity index (χ1) is 9.97. The smallest absolute Gasteiger partial charge is 0.228 e. The molecule has 0 aliphatic rings. The van der Waals surface area contributed by atoms with Crippen molar-refractivity contribution in [1.82, 2.24) is 0 Å². The van der Waals surface area contributed by atoms with Gasteiger partial charge in [-0.1, -0.05) is 15.9 Å². The van der Waals surface area contributed by atoms with E-state index in [2.05, 4.69) is 15.9 Å². The summed E-state index contributed by atoms with van der Waals surface area (Å²) in [5.74, 6) is -2.39. The third-order valence-corrected chi connectivity index (χ3v) is 3.78. The molecule has 3 aromatic rings. The van der Waals surface area contributed by atoms with Crippen molar-refractivity contribution in [2.24, 2.45) is 0 Å². The summed E-state index contributed by atoms with van der Waals surface area (Å²) in [7, 11) is 0. The number of carbonyl (C=O) groups is 1. The molecule has 0 amide bonds. The summed E-state index contributed by atoms with van der Waals surface area (Å²) in [6.07, 6.45) is 0. The predicted molar refractivity (Wildman–Crippen MR) is 78.4 cm³/mol. The van der Waals surface area contributed by atoms with Crippen LogP contribution in [0.15, 0.2) is 45.3 Å². The Morgan fingerprint density at radius 1 is 1.10 bits per heavy atom. The summed E-state index contributed by atoms with van der Waals surface area (Å²) in [5, 5.41) is 0.809. The van der Waals surface area contributed by atoms with Crippen LogP contribution < -0.4 is 0 Å². The second kappa shape index (κ2) is 5.07. The Hall–Kier alpha value is -2.01. The van der Waals surface area contributed by atoms with Crippen molar-refractivity contribution in [1.29, 1.82) is 0 Å². The fraction of sp³-hybridized carbons (Fsp3) is 0.0625. The van der Waals surface area contributed by atoms with Gasteiger partial charge in [-0.05, 0) is 43.3 Å². The zero-order valence-corrected chi connectivity index (χ0v) is 12.5. The molecule has 2 nitrogen and oxygen atoms in total. The van der Waals surface area contributed by atoms with Crippen LogP contribution in [0.2, 0.25) is 0 Å². The van der Waals surface area contributed by atoms with Gasteiger partial charge in [-0.25, -0.2) is 8.78 Å². The number of benzene rings is 2. The highest BCUT2D eigenvalue weighted by molar-refractivity contribution is 9.10. The van der Waals surface area contributed by atoms with Gasteiger partial charge in [-0.15, -0.1) is 0 Å². The van der Waals surface area contributed by atoms with Gasteiger partial charge in [0.05, 0.1) is 0 Å². The van der Waals surface area contributed by atoms with Crippen LogP contribution in [0.25, 0.3) is 11.0 Å². The number of hydrogen-bond acceptors (Lipinski definition) is 2. The molecule has 0 radical (unpaired) electrons. The predicted octanol–water partition coefficient (Wildman–Crippen LogP) is 5.01. The van der Waals surface area contributed by atoms with Gasteiger partial charge in [0.1, 0.15) is 5.58 Å². The first kappa shape index (κ1) is 13.9. The van der Waals surface area contributed by atoms with E-state index in [9.17, 15) is 13.6 Å². The summed E-state index contributed by atoms with van der Waals surface area (Å²) in [4.78, 5) is 12.4. The van der Waals surface area contributed by atoms with Gasteiger partial charge in [-0.3, -0.25) is 4.79 Å². The summed E-state index contributed by atoms with van der Waals surface area (Å²) < 4.78 is 32.6. The minimum Gasteiger partial charge on any atom is -0.452 e. The molecule has 0 unspecified atom stereocenters. The van der Waals surface area contributed by atoms with Crippen LogP contribution in [0.5, 0.6) is 0 Å². The summed E-state index contributed by atoms with van der Waals surface area (Å²) in [6.45, 7) is 1.76. The average Bonchev–Trinajstić information content (AvgIpc) is 2.77. The van der Waals surface area contributed by atoms with Crippen LogP contribution in [-0.2, 0) is 0 Å². The average molecular weight is 351 g/mol. The van der Waals surface area contributed by atoms with E-state index in [-0.39, 0.29) is 11.3 Å². The Morgan fingerprint density at radius 2 is 1.86 bits per heavy atom. The van der Waals surface area contributed by atoms with Crippen LogP contribution in [0, 0.1) is 18.6 Å². The second-order valence-electron chi connectivity index (χ2n) is 4.65. The fourth-order valence-electron chi connectivity index (χ4n) is 2.18. The number of rotatable bonds is 2. The molecule has 1 heterocycles. The topological polar surface area (TPSA) is 30.2 Å². The molecule has 0 atom stereocenters. The highest BCUT2D eigenvalue weighted by Gasteiger charge is 2.20. The minimum atomic E-state index is -1.06. The van der Waals surface area contributed by atoms with E-state index in [1.807, 2.05) is 12.1 Å². The molecule has 3 rings (SSSR count). The zero-order valence-electron chi connectivity index (χ0n) is 10.9. The molecule has 0 saturated carbocycles. The highest BCUT2D eigenvalue weighted by atomic mass is 79.9. The number of hydrogen-bond donors (Lipinski definition) is 0. The summed E-state index contributed by atoms with van der Waals surface area (Å²) >= 11 is 3.33. The molecule has 0 spiro atoms. The maximum Gasteiger partial charge on any atom is 0.228 e. The van der Waals surface area contributed by atoms with E-state index in [0.29, 0.717) is 11.1 Å². The molecular weight excluding hydrogens is 342 g/mol. The first-order valence-corrected chi connectivity index (χ1v) is 6.95. The molecule has 2 aromatic carbocycles. The van der Waals surface area contributed by atoms with Gasteiger partial charge >= 0.3 is 0 Å². The Morgan fingerprint density at radius 3 is 2.57 bits per heavy atom. The quantitative estimate of drug-likeness (QED) is 0.608. The third kappa shape index (κ3) is 2.38. The van der Waals surface area contributed by atoms with E-state index in [4.69, 9.17) is 4.42 Å². The number of carbonyl (C=O) groups excluding carboxylic acids is 1. The van der Waals surface area contributed by atoms with Gasteiger partial charge in [0.25, 0.3) is 0 Å². The number of ketones is 1. The van der Waals surface area contributed by atoms with Crippen molar-refractivity contribution in [2.75, 3.05) is 0 Å². The van der Waals surface area contributed by atoms with E-state index in [1.54, 1.807) is 13.0 Å². The highest BCUT2D eigenvalue weighted by Crippen LogP contribution is 2.29. The van der Waals surface area contributed by atoms with Crippen molar-refractivity contribution in [3.8, 4) is 0 Å². The Bertz CT molecular complexity index is 868. The van der Waals surface area contributed by atoms with Gasteiger partial charge in [0.15, 0.2) is 17.4 Å². The largest absolute Gasteiger partial charge is 0.452 e. The molecule has 0 aliphatic carbocycles. The summed E-state index contributed by atoms with van der Waals surface area (Å²) in [6, 6.07) is 8.47. The standard InChI is InChI=1S/C16H9BrF2O2/c1-8-11-4-3-10(17)7-14(11)21-16(8)15(20)9-2-5-12(18)13(19)6-9/h2-7H,1H3. The van der Waals surface area contributed by atoms with Crippen LogP contribution in [0.4, 0.5) is 8.78 Å². The Balaban J connectivity index is 2.13. The van der Waals surface area contributed by atoms with Gasteiger partial charge in [0, 0.05) is 21.0 Å². The van der Waals surface area contributed by atoms with Crippen LogP contribution >= 0.6 is 15.9 Å². The lowest BCUT2D eigenvalue weighted by molar-refractivity contribution is 0.101. The van der Waals surface area contributed by atoms with Gasteiger partial charge < -0.3 is 4.42 Å². The van der Waals surface area contributed by atoms with Crippen molar-refractivity contribution in [3.63, 3.8) is 0 Å². The lowest BCUT2D eigenvalue weighted by atomic mass is 10.0. The molecule has 0 N–H and O–H groups in total. The Labute approximate surface area is 127 Å². The van der Waals surface area contributed by atoms with Crippen molar-refractivity contribution >= 4 is 32.7 Å². The summed E-state index contributed by atoms with van der Waals surface area (Å²) in [5.41, 5.74) is 1.29. The van der Waals surface area contributed by atoms with Gasteiger partial charge in [-0.2, -0.15) is 0 Å². The SMILES string of the molecule is Cc1c(C(=O)c2ccc(F)c(F)c2)oc2cc(Br)ccc12. The number of fused-ring (bicyclic) bond motifs is 1. The minimum absolute atomic E-state index is 0.0510. The zero-order chi connectivity index (χ0) is 15.1. The van der Waals surface area contributed by atoms with E-state index >= 15 is 0 Å². The molecule has 0 saturated heterocycles. The lowest BCUT2D eigenvalue weighted by Gasteiger charge is -2.00. The van der Waals surface area contributed by atoms with Crippen molar-refractivity contribution in [2.45, 2.75) is 6.92 Å². The normalized spacial score (nSPS) is 11.0. The molecule has 1 aromatic heterocycles. The van der Waals surface area contributed by atoms with E-state index in [1.165, 1.54) is 6.07 Å². The van der Waals surface area contributed by atoms with Crippen LogP contribution in [-0.4, -0.2) is 5.78 Å². The van der Waals surface area contributed by atoms with Gasteiger partial charge in [0.2, 0.25) is 5.78 Å². The number of aryl methyl sites for hydroxylation is 1. The van der Waals surface area contributed by atoms with Crippen LogP contribution in [0.3, 0.4) is 0 Å². The third-order valence-electron chi connectivity index (χ3n) is 3.29. The van der Waals surface area contributed by atoms with E-state index in [0.717, 1.165) is 22.0 Å². The molecular formula is C16H9BrF2O2. The van der Waals surface area contributed by atoms with Crippen molar-refractivity contribution < 1.29 is 18.0 Å². The molecule has 0 aliphatic heterocycles. The maximum absolute atomic E-state index is 13.2. The Kier molecular flexibility index (Phi) is 3.37. The van der Waals surface area contributed by atoms with E-state index < -0.39 is 17.4 Å². The molecule has 0 fully saturated rings. The first-order valence-electron chi connectivity index (χ1n) is 6.16. The molecule has 0 bridgehead atoms. The van der Waals surface area contributed by atoms with Crippen molar-refractivity contribution in [3.05, 3.63) is 69.4 Å². The van der Waals surface area contributed by atoms with Crippen LogP contribution in [0.1, 0.15) is 21.7 Å². The maximum atomic E-state index is 13.2. The molecule has 106 valence electrons. The fourth-order valence-corrected chi connectivity index (χ4v) is 2.52. The molecule has 21 heavy (non-hydrogen) atoms. The number of furan rings is 1.